The molecule has 0 bridgehead atoms. The maximum absolute atomic E-state index is 12.4. The maximum atomic E-state index is 12.4. The SMILES string of the molecule is CC(C)C1NC(=O)C(O)(C(F)(F)F)NC1=O. The van der Waals surface area contributed by atoms with Gasteiger partial charge in [-0.3, -0.25) is 9.59 Å². The minimum absolute atomic E-state index is 0.373. The van der Waals surface area contributed by atoms with E-state index in [4.69, 9.17) is 5.11 Å². The molecule has 0 aromatic carbocycles. The molecular formula is C8H11F3N2O3. The third-order valence-electron chi connectivity index (χ3n) is 2.28. The van der Waals surface area contributed by atoms with Crippen molar-refractivity contribution in [2.75, 3.05) is 0 Å². The Labute approximate surface area is 89.0 Å². The number of amides is 2. The van der Waals surface area contributed by atoms with Crippen molar-refractivity contribution in [1.29, 1.82) is 0 Å². The number of carbonyl (C=O) groups is 2. The van der Waals surface area contributed by atoms with E-state index in [1.807, 2.05) is 5.32 Å². The number of halogens is 3. The first-order chi connectivity index (χ1) is 7.09. The third kappa shape index (κ3) is 1.84. The first kappa shape index (κ1) is 12.8. The zero-order valence-corrected chi connectivity index (χ0v) is 8.55. The highest BCUT2D eigenvalue weighted by atomic mass is 19.4. The molecule has 1 heterocycles. The van der Waals surface area contributed by atoms with Crippen LogP contribution in [0.1, 0.15) is 13.8 Å². The number of piperazine rings is 1. The van der Waals surface area contributed by atoms with Gasteiger partial charge in [0, 0.05) is 0 Å². The van der Waals surface area contributed by atoms with Crippen molar-refractivity contribution in [3.05, 3.63) is 0 Å². The molecule has 92 valence electrons. The van der Waals surface area contributed by atoms with Crippen LogP contribution in [0.3, 0.4) is 0 Å². The topological polar surface area (TPSA) is 78.4 Å². The number of hydrogen-bond donors (Lipinski definition) is 3. The Balaban J connectivity index is 2.99. The van der Waals surface area contributed by atoms with Crippen LogP contribution in [0.4, 0.5) is 13.2 Å². The highest BCUT2D eigenvalue weighted by molar-refractivity contribution is 5.99. The molecule has 16 heavy (non-hydrogen) atoms. The molecule has 8 heteroatoms. The zero-order valence-electron chi connectivity index (χ0n) is 8.55. The molecule has 0 aromatic rings. The van der Waals surface area contributed by atoms with Crippen LogP contribution in [-0.2, 0) is 9.59 Å². The Morgan fingerprint density at radius 2 is 1.88 bits per heavy atom. The fourth-order valence-electron chi connectivity index (χ4n) is 1.29. The number of rotatable bonds is 1. The summed E-state index contributed by atoms with van der Waals surface area (Å²) in [6.07, 6.45) is -5.26. The summed E-state index contributed by atoms with van der Waals surface area (Å²) < 4.78 is 37.1. The molecule has 1 fully saturated rings. The first-order valence-electron chi connectivity index (χ1n) is 4.51. The van der Waals surface area contributed by atoms with Crippen LogP contribution in [0.15, 0.2) is 0 Å². The molecule has 3 N–H and O–H groups in total. The van der Waals surface area contributed by atoms with Crippen LogP contribution >= 0.6 is 0 Å². The lowest BCUT2D eigenvalue weighted by Crippen LogP contribution is -2.75. The molecule has 2 amide bonds. The van der Waals surface area contributed by atoms with Crippen molar-refractivity contribution in [3.63, 3.8) is 0 Å². The van der Waals surface area contributed by atoms with Gasteiger partial charge in [-0.15, -0.1) is 0 Å². The molecule has 1 rings (SSSR count). The summed E-state index contributed by atoms with van der Waals surface area (Å²) in [6, 6.07) is -1.07. The van der Waals surface area contributed by atoms with Crippen molar-refractivity contribution in [2.24, 2.45) is 5.92 Å². The van der Waals surface area contributed by atoms with Gasteiger partial charge in [-0.25, -0.2) is 0 Å². The van der Waals surface area contributed by atoms with Gasteiger partial charge in [-0.1, -0.05) is 13.8 Å². The van der Waals surface area contributed by atoms with E-state index in [2.05, 4.69) is 0 Å². The normalized spacial score (nSPS) is 31.3. The Bertz CT molecular complexity index is 329. The zero-order chi connectivity index (χ0) is 12.7. The van der Waals surface area contributed by atoms with Crippen molar-refractivity contribution in [2.45, 2.75) is 31.8 Å². The molecule has 1 saturated heterocycles. The summed E-state index contributed by atoms with van der Waals surface area (Å²) in [5.74, 6) is -3.10. The second-order valence-corrected chi connectivity index (χ2v) is 3.89. The van der Waals surface area contributed by atoms with Crippen molar-refractivity contribution in [1.82, 2.24) is 10.6 Å². The Morgan fingerprint density at radius 1 is 1.38 bits per heavy atom. The quantitative estimate of drug-likeness (QED) is 0.578. The van der Waals surface area contributed by atoms with Crippen molar-refractivity contribution in [3.8, 4) is 0 Å². The van der Waals surface area contributed by atoms with E-state index in [1.165, 1.54) is 5.32 Å². The summed E-state index contributed by atoms with van der Waals surface area (Å²) in [7, 11) is 0. The summed E-state index contributed by atoms with van der Waals surface area (Å²) in [4.78, 5) is 22.4. The number of carbonyl (C=O) groups excluding carboxylic acids is 2. The lowest BCUT2D eigenvalue weighted by atomic mass is 9.98. The van der Waals surface area contributed by atoms with Crippen LogP contribution in [0, 0.1) is 5.92 Å². The van der Waals surface area contributed by atoms with Crippen LogP contribution in [0.25, 0.3) is 0 Å². The van der Waals surface area contributed by atoms with Gasteiger partial charge < -0.3 is 15.7 Å². The fraction of sp³-hybridized carbons (Fsp3) is 0.750. The number of alkyl halides is 3. The number of aliphatic hydroxyl groups is 1. The van der Waals surface area contributed by atoms with Gasteiger partial charge in [0.15, 0.2) is 0 Å². The molecule has 2 unspecified atom stereocenters. The van der Waals surface area contributed by atoms with Gasteiger partial charge in [0.05, 0.1) is 0 Å². The second kappa shape index (κ2) is 3.62. The lowest BCUT2D eigenvalue weighted by Gasteiger charge is -2.37. The Hall–Kier alpha value is -1.31. The summed E-state index contributed by atoms with van der Waals surface area (Å²) in [6.45, 7) is 3.12. The van der Waals surface area contributed by atoms with Gasteiger partial charge >= 0.3 is 11.9 Å². The molecule has 0 aromatic heterocycles. The molecule has 0 aliphatic carbocycles. The molecule has 1 aliphatic heterocycles. The lowest BCUT2D eigenvalue weighted by molar-refractivity contribution is -0.264. The summed E-state index contributed by atoms with van der Waals surface area (Å²) in [5.41, 5.74) is -3.84. The number of hydrogen-bond acceptors (Lipinski definition) is 3. The molecule has 1 aliphatic rings. The summed E-state index contributed by atoms with van der Waals surface area (Å²) in [5, 5.41) is 12.2. The van der Waals surface area contributed by atoms with Crippen molar-refractivity contribution >= 4 is 11.8 Å². The van der Waals surface area contributed by atoms with Gasteiger partial charge in [-0.2, -0.15) is 13.2 Å². The van der Waals surface area contributed by atoms with Crippen LogP contribution in [0.2, 0.25) is 0 Å². The standard InChI is InChI=1S/C8H11F3N2O3/c1-3(2)4-5(14)13-7(16,6(15)12-4)8(9,10)11/h3-4,16H,1-2H3,(H,12,15)(H,13,14). The van der Waals surface area contributed by atoms with E-state index >= 15 is 0 Å². The average Bonchev–Trinajstić information content (AvgIpc) is 2.08. The second-order valence-electron chi connectivity index (χ2n) is 3.89. The van der Waals surface area contributed by atoms with E-state index in [0.717, 1.165) is 0 Å². The minimum Gasteiger partial charge on any atom is -0.356 e. The molecular weight excluding hydrogens is 229 g/mol. The predicted molar refractivity (Wildman–Crippen MR) is 45.9 cm³/mol. The van der Waals surface area contributed by atoms with E-state index in [-0.39, 0.29) is 5.92 Å². The van der Waals surface area contributed by atoms with Crippen LogP contribution in [0.5, 0.6) is 0 Å². The monoisotopic (exact) mass is 240 g/mol. The van der Waals surface area contributed by atoms with Gasteiger partial charge in [0.25, 0.3) is 5.91 Å². The minimum atomic E-state index is -5.26. The molecule has 2 atom stereocenters. The largest absolute Gasteiger partial charge is 0.446 e. The van der Waals surface area contributed by atoms with Crippen LogP contribution < -0.4 is 10.6 Å². The smallest absolute Gasteiger partial charge is 0.356 e. The van der Waals surface area contributed by atoms with Gasteiger partial charge in [0.1, 0.15) is 6.04 Å². The van der Waals surface area contributed by atoms with E-state index < -0.39 is 29.8 Å². The first-order valence-corrected chi connectivity index (χ1v) is 4.51. The van der Waals surface area contributed by atoms with E-state index in [9.17, 15) is 22.8 Å². The summed E-state index contributed by atoms with van der Waals surface area (Å²) >= 11 is 0. The highest BCUT2D eigenvalue weighted by Gasteiger charge is 2.64. The number of nitrogens with one attached hydrogen (secondary N) is 2. The van der Waals surface area contributed by atoms with Crippen molar-refractivity contribution < 1.29 is 27.9 Å². The third-order valence-corrected chi connectivity index (χ3v) is 2.28. The van der Waals surface area contributed by atoms with Gasteiger partial charge in [0.2, 0.25) is 5.91 Å². The molecule has 0 radical (unpaired) electrons. The molecule has 5 nitrogen and oxygen atoms in total. The van der Waals surface area contributed by atoms with Crippen LogP contribution in [-0.4, -0.2) is 34.9 Å². The van der Waals surface area contributed by atoms with E-state index in [1.54, 1.807) is 13.8 Å². The molecule has 0 saturated carbocycles. The average molecular weight is 240 g/mol. The molecule has 0 spiro atoms. The van der Waals surface area contributed by atoms with Gasteiger partial charge in [-0.05, 0) is 5.92 Å². The predicted octanol–water partition coefficient (Wildman–Crippen LogP) is -0.492. The highest BCUT2D eigenvalue weighted by Crippen LogP contribution is 2.30. The maximum Gasteiger partial charge on any atom is 0.446 e. The fourth-order valence-corrected chi connectivity index (χ4v) is 1.29. The Kier molecular flexibility index (Phi) is 2.88. The van der Waals surface area contributed by atoms with E-state index in [0.29, 0.717) is 0 Å². The Morgan fingerprint density at radius 3 is 2.25 bits per heavy atom.